The Morgan fingerprint density at radius 2 is 2.12 bits per heavy atom. The molecule has 0 aliphatic carbocycles. The first-order valence-corrected chi connectivity index (χ1v) is 6.14. The fourth-order valence-corrected chi connectivity index (χ4v) is 2.36. The van der Waals surface area contributed by atoms with Crippen molar-refractivity contribution in [2.45, 2.75) is 26.7 Å². The van der Waals surface area contributed by atoms with Crippen LogP contribution in [-0.2, 0) is 0 Å². The molecule has 2 rings (SSSR count). The van der Waals surface area contributed by atoms with Crippen molar-refractivity contribution >= 4 is 32.7 Å². The first-order chi connectivity index (χ1) is 7.61. The van der Waals surface area contributed by atoms with E-state index in [-0.39, 0.29) is 5.78 Å². The highest BCUT2D eigenvalue weighted by molar-refractivity contribution is 9.10. The summed E-state index contributed by atoms with van der Waals surface area (Å²) in [6, 6.07) is 5.78. The van der Waals surface area contributed by atoms with Crippen LogP contribution >= 0.6 is 15.9 Å². The molecule has 0 atom stereocenters. The van der Waals surface area contributed by atoms with Crippen molar-refractivity contribution < 1.29 is 9.21 Å². The Kier molecular flexibility index (Phi) is 3.15. The van der Waals surface area contributed by atoms with E-state index in [1.54, 1.807) is 0 Å². The van der Waals surface area contributed by atoms with Crippen molar-refractivity contribution in [1.82, 2.24) is 0 Å². The van der Waals surface area contributed by atoms with Crippen LogP contribution in [0.4, 0.5) is 0 Å². The van der Waals surface area contributed by atoms with Gasteiger partial charge in [0.05, 0.1) is 0 Å². The Morgan fingerprint density at radius 3 is 2.81 bits per heavy atom. The summed E-state index contributed by atoms with van der Waals surface area (Å²) in [6.07, 6.45) is 1.39. The molecule has 0 aliphatic heterocycles. The molecule has 0 unspecified atom stereocenters. The average molecular weight is 281 g/mol. The highest BCUT2D eigenvalue weighted by atomic mass is 79.9. The molecule has 0 bridgehead atoms. The highest BCUT2D eigenvalue weighted by Crippen LogP contribution is 2.27. The minimum Gasteiger partial charge on any atom is -0.453 e. The van der Waals surface area contributed by atoms with E-state index in [4.69, 9.17) is 4.42 Å². The molecule has 1 heterocycles. The van der Waals surface area contributed by atoms with E-state index < -0.39 is 0 Å². The number of halogens is 1. The minimum absolute atomic E-state index is 0.0780. The summed E-state index contributed by atoms with van der Waals surface area (Å²) >= 11 is 3.43. The quantitative estimate of drug-likeness (QED) is 0.776. The van der Waals surface area contributed by atoms with E-state index in [0.717, 1.165) is 27.4 Å². The van der Waals surface area contributed by atoms with Crippen molar-refractivity contribution in [2.24, 2.45) is 0 Å². The Balaban J connectivity index is 2.51. The van der Waals surface area contributed by atoms with Crippen LogP contribution in [0, 0.1) is 6.92 Å². The summed E-state index contributed by atoms with van der Waals surface area (Å²) in [5, 5.41) is 0.978. The number of Topliss-reactive ketones (excluding diaryl/α,β-unsaturated/α-hetero) is 1. The molecule has 0 saturated carbocycles. The Labute approximate surface area is 103 Å². The van der Waals surface area contributed by atoms with Gasteiger partial charge in [-0.05, 0) is 37.1 Å². The lowest BCUT2D eigenvalue weighted by Gasteiger charge is -1.95. The van der Waals surface area contributed by atoms with Crippen molar-refractivity contribution in [1.29, 1.82) is 0 Å². The maximum absolute atomic E-state index is 11.7. The first kappa shape index (κ1) is 11.4. The maximum atomic E-state index is 11.7. The second-order valence-corrected chi connectivity index (χ2v) is 4.84. The van der Waals surface area contributed by atoms with Gasteiger partial charge in [0.25, 0.3) is 0 Å². The van der Waals surface area contributed by atoms with Crippen LogP contribution in [0.5, 0.6) is 0 Å². The lowest BCUT2D eigenvalue weighted by Crippen LogP contribution is -1.94. The molecule has 84 valence electrons. The summed E-state index contributed by atoms with van der Waals surface area (Å²) in [6.45, 7) is 3.97. The maximum Gasteiger partial charge on any atom is 0.198 e. The van der Waals surface area contributed by atoms with Gasteiger partial charge in [0, 0.05) is 16.3 Å². The average Bonchev–Trinajstić information content (AvgIpc) is 2.62. The molecular weight excluding hydrogens is 268 g/mol. The smallest absolute Gasteiger partial charge is 0.198 e. The molecule has 2 nitrogen and oxygen atoms in total. The normalized spacial score (nSPS) is 10.9. The molecule has 1 aromatic carbocycles. The molecule has 3 heteroatoms. The van der Waals surface area contributed by atoms with Crippen LogP contribution in [-0.4, -0.2) is 5.78 Å². The second-order valence-electron chi connectivity index (χ2n) is 3.92. The number of carbonyl (C=O) groups excluding carboxylic acids is 1. The summed E-state index contributed by atoms with van der Waals surface area (Å²) in [5.74, 6) is 0.548. The molecular formula is C13H13BrO2. The molecule has 0 radical (unpaired) electrons. The molecule has 0 spiro atoms. The van der Waals surface area contributed by atoms with Crippen molar-refractivity contribution in [3.8, 4) is 0 Å². The van der Waals surface area contributed by atoms with E-state index in [2.05, 4.69) is 15.9 Å². The van der Waals surface area contributed by atoms with E-state index in [9.17, 15) is 4.79 Å². The third-order valence-corrected chi connectivity index (χ3v) is 2.98. The monoisotopic (exact) mass is 280 g/mol. The second kappa shape index (κ2) is 4.42. The SMILES string of the molecule is CCCC(=O)c1cc2cc(Br)cc(C)c2o1. The number of hydrogen-bond donors (Lipinski definition) is 0. The Hall–Kier alpha value is -1.09. The topological polar surface area (TPSA) is 30.2 Å². The van der Waals surface area contributed by atoms with E-state index in [1.165, 1.54) is 0 Å². The van der Waals surface area contributed by atoms with Gasteiger partial charge in [0.2, 0.25) is 0 Å². The largest absolute Gasteiger partial charge is 0.453 e. The Morgan fingerprint density at radius 1 is 1.38 bits per heavy atom. The number of ketones is 1. The zero-order valence-corrected chi connectivity index (χ0v) is 10.9. The fraction of sp³-hybridized carbons (Fsp3) is 0.308. The number of fused-ring (bicyclic) bond motifs is 1. The van der Waals surface area contributed by atoms with Gasteiger partial charge in [-0.25, -0.2) is 0 Å². The minimum atomic E-state index is 0.0780. The van der Waals surface area contributed by atoms with E-state index in [0.29, 0.717) is 12.2 Å². The van der Waals surface area contributed by atoms with Gasteiger partial charge in [-0.3, -0.25) is 4.79 Å². The van der Waals surface area contributed by atoms with Crippen molar-refractivity contribution in [3.63, 3.8) is 0 Å². The number of rotatable bonds is 3. The number of carbonyl (C=O) groups is 1. The highest BCUT2D eigenvalue weighted by Gasteiger charge is 2.12. The van der Waals surface area contributed by atoms with Gasteiger partial charge in [-0.1, -0.05) is 22.9 Å². The molecule has 0 fully saturated rings. The van der Waals surface area contributed by atoms with Gasteiger partial charge in [-0.15, -0.1) is 0 Å². The van der Waals surface area contributed by atoms with Gasteiger partial charge < -0.3 is 4.42 Å². The van der Waals surface area contributed by atoms with Crippen LogP contribution in [0.3, 0.4) is 0 Å². The summed E-state index contributed by atoms with van der Waals surface area (Å²) in [4.78, 5) is 11.7. The predicted octanol–water partition coefficient (Wildman–Crippen LogP) is 4.49. The van der Waals surface area contributed by atoms with Gasteiger partial charge in [0.1, 0.15) is 5.58 Å². The fourth-order valence-electron chi connectivity index (χ4n) is 1.77. The molecule has 0 amide bonds. The number of hydrogen-bond acceptors (Lipinski definition) is 2. The summed E-state index contributed by atoms with van der Waals surface area (Å²) in [5.41, 5.74) is 1.85. The summed E-state index contributed by atoms with van der Waals surface area (Å²) < 4.78 is 6.60. The van der Waals surface area contributed by atoms with Gasteiger partial charge >= 0.3 is 0 Å². The summed E-state index contributed by atoms with van der Waals surface area (Å²) in [7, 11) is 0. The van der Waals surface area contributed by atoms with Crippen LogP contribution < -0.4 is 0 Å². The number of furan rings is 1. The molecule has 16 heavy (non-hydrogen) atoms. The standard InChI is InChI=1S/C13H13BrO2/c1-3-4-11(15)12-7-9-6-10(14)5-8(2)13(9)16-12/h5-7H,3-4H2,1-2H3. The lowest BCUT2D eigenvalue weighted by atomic mass is 10.1. The van der Waals surface area contributed by atoms with Crippen molar-refractivity contribution in [3.05, 3.63) is 34.0 Å². The number of aryl methyl sites for hydroxylation is 1. The molecule has 0 N–H and O–H groups in total. The van der Waals surface area contributed by atoms with Crippen LogP contribution in [0.2, 0.25) is 0 Å². The predicted molar refractivity (Wildman–Crippen MR) is 67.9 cm³/mol. The van der Waals surface area contributed by atoms with Crippen LogP contribution in [0.15, 0.2) is 27.1 Å². The van der Waals surface area contributed by atoms with E-state index >= 15 is 0 Å². The number of benzene rings is 1. The zero-order chi connectivity index (χ0) is 11.7. The van der Waals surface area contributed by atoms with Gasteiger partial charge in [0.15, 0.2) is 11.5 Å². The van der Waals surface area contributed by atoms with Crippen molar-refractivity contribution in [2.75, 3.05) is 0 Å². The van der Waals surface area contributed by atoms with E-state index in [1.807, 2.05) is 32.0 Å². The molecule has 1 aromatic heterocycles. The lowest BCUT2D eigenvalue weighted by molar-refractivity contribution is 0.0957. The Bertz CT molecular complexity index is 540. The zero-order valence-electron chi connectivity index (χ0n) is 9.34. The molecule has 0 aliphatic rings. The third kappa shape index (κ3) is 2.05. The third-order valence-electron chi connectivity index (χ3n) is 2.52. The van der Waals surface area contributed by atoms with Gasteiger partial charge in [-0.2, -0.15) is 0 Å². The van der Waals surface area contributed by atoms with Crippen LogP contribution in [0.1, 0.15) is 35.9 Å². The first-order valence-electron chi connectivity index (χ1n) is 5.34. The van der Waals surface area contributed by atoms with Crippen LogP contribution in [0.25, 0.3) is 11.0 Å². The molecule has 0 saturated heterocycles. The molecule has 2 aromatic rings.